The summed E-state index contributed by atoms with van der Waals surface area (Å²) in [6, 6.07) is 5.42. The molecular formula is C21H26ClN5O2. The van der Waals surface area contributed by atoms with Crippen LogP contribution >= 0.6 is 11.6 Å². The Morgan fingerprint density at radius 3 is 2.72 bits per heavy atom. The molecule has 8 heteroatoms. The van der Waals surface area contributed by atoms with Crippen LogP contribution in [-0.4, -0.2) is 38.7 Å². The van der Waals surface area contributed by atoms with Crippen LogP contribution in [0.4, 0.5) is 5.82 Å². The molecule has 3 aromatic heterocycles. The molecule has 3 heterocycles. The van der Waals surface area contributed by atoms with E-state index in [1.807, 2.05) is 31.6 Å². The van der Waals surface area contributed by atoms with Crippen LogP contribution in [0.5, 0.6) is 5.88 Å². The molecule has 29 heavy (non-hydrogen) atoms. The van der Waals surface area contributed by atoms with E-state index >= 15 is 0 Å². The van der Waals surface area contributed by atoms with Crippen LogP contribution in [0.15, 0.2) is 18.2 Å². The van der Waals surface area contributed by atoms with Crippen molar-refractivity contribution in [2.75, 3.05) is 18.5 Å². The zero-order valence-electron chi connectivity index (χ0n) is 17.4. The molecule has 0 saturated heterocycles. The quantitative estimate of drug-likeness (QED) is 0.558. The number of aryl methyl sites for hydroxylation is 2. The zero-order chi connectivity index (χ0) is 21.1. The van der Waals surface area contributed by atoms with Crippen molar-refractivity contribution in [2.24, 2.45) is 7.05 Å². The Hall–Kier alpha value is -2.67. The number of pyridine rings is 2. The third-order valence-corrected chi connectivity index (χ3v) is 4.79. The van der Waals surface area contributed by atoms with Gasteiger partial charge in [-0.3, -0.25) is 9.48 Å². The maximum atomic E-state index is 12.5. The summed E-state index contributed by atoms with van der Waals surface area (Å²) < 4.78 is 7.25. The Morgan fingerprint density at radius 2 is 2.03 bits per heavy atom. The highest BCUT2D eigenvalue weighted by molar-refractivity contribution is 6.29. The summed E-state index contributed by atoms with van der Waals surface area (Å²) in [6.07, 6.45) is 0.237. The summed E-state index contributed by atoms with van der Waals surface area (Å²) in [5, 5.41) is 7.96. The molecule has 0 aliphatic carbocycles. The number of fused-ring (bicyclic) bond motifs is 1. The first-order valence-corrected chi connectivity index (χ1v) is 10.0. The summed E-state index contributed by atoms with van der Waals surface area (Å²) in [6.45, 7) is 8.74. The van der Waals surface area contributed by atoms with E-state index in [0.717, 1.165) is 27.9 Å². The monoisotopic (exact) mass is 415 g/mol. The molecule has 3 rings (SSSR count). The molecule has 7 nitrogen and oxygen atoms in total. The van der Waals surface area contributed by atoms with Crippen molar-refractivity contribution in [3.8, 4) is 5.88 Å². The minimum Gasteiger partial charge on any atom is -0.478 e. The highest BCUT2D eigenvalue weighted by atomic mass is 35.5. The van der Waals surface area contributed by atoms with Crippen molar-refractivity contribution in [2.45, 2.75) is 40.0 Å². The molecule has 0 atom stereocenters. The lowest BCUT2D eigenvalue weighted by Crippen LogP contribution is -2.17. The molecule has 0 amide bonds. The van der Waals surface area contributed by atoms with Crippen molar-refractivity contribution in [1.82, 2.24) is 19.7 Å². The number of nitrogens with zero attached hydrogens (tertiary/aromatic N) is 4. The molecule has 0 spiro atoms. The first kappa shape index (κ1) is 21.0. The van der Waals surface area contributed by atoms with Crippen LogP contribution in [0, 0.1) is 6.92 Å². The molecule has 0 bridgehead atoms. The van der Waals surface area contributed by atoms with Gasteiger partial charge in [-0.2, -0.15) is 5.10 Å². The topological polar surface area (TPSA) is 81.9 Å². The van der Waals surface area contributed by atoms with Crippen LogP contribution in [0.2, 0.25) is 5.15 Å². The first-order valence-electron chi connectivity index (χ1n) is 9.67. The highest BCUT2D eigenvalue weighted by Crippen LogP contribution is 2.28. The Labute approximate surface area is 175 Å². The van der Waals surface area contributed by atoms with E-state index < -0.39 is 0 Å². The number of nitrogens with one attached hydrogen (secondary N) is 1. The van der Waals surface area contributed by atoms with Crippen LogP contribution < -0.4 is 10.1 Å². The molecule has 1 N–H and O–H groups in total. The predicted molar refractivity (Wildman–Crippen MR) is 115 cm³/mol. The van der Waals surface area contributed by atoms with E-state index in [-0.39, 0.29) is 18.7 Å². The molecule has 0 aromatic carbocycles. The second-order valence-corrected chi connectivity index (χ2v) is 7.68. The van der Waals surface area contributed by atoms with Gasteiger partial charge < -0.3 is 10.1 Å². The maximum absolute atomic E-state index is 12.5. The summed E-state index contributed by atoms with van der Waals surface area (Å²) in [5.74, 6) is 1.43. The van der Waals surface area contributed by atoms with Gasteiger partial charge in [-0.15, -0.1) is 0 Å². The van der Waals surface area contributed by atoms with Crippen LogP contribution in [-0.2, 0) is 18.3 Å². The molecule has 154 valence electrons. The van der Waals surface area contributed by atoms with Gasteiger partial charge in [0.05, 0.1) is 24.4 Å². The standard InChI is InChI=1S/C21H26ClN5O2/c1-6-29-19-9-14(8-17(22)24-19)7-15(28)11-23-18-10-16(12(2)3)21-20(25-18)13(4)26-27(21)5/h8-10,12H,6-7,11H2,1-5H3,(H,23,25). The number of hydrogen-bond donors (Lipinski definition) is 1. The number of anilines is 1. The van der Waals surface area contributed by atoms with Gasteiger partial charge in [0, 0.05) is 19.5 Å². The van der Waals surface area contributed by atoms with Crippen molar-refractivity contribution in [1.29, 1.82) is 0 Å². The number of halogens is 1. The summed E-state index contributed by atoms with van der Waals surface area (Å²) in [7, 11) is 1.93. The van der Waals surface area contributed by atoms with Gasteiger partial charge in [-0.05, 0) is 43.0 Å². The first-order chi connectivity index (χ1) is 13.8. The van der Waals surface area contributed by atoms with Crippen molar-refractivity contribution in [3.05, 3.63) is 40.2 Å². The normalized spacial score (nSPS) is 11.3. The van der Waals surface area contributed by atoms with E-state index in [0.29, 0.717) is 29.4 Å². The van der Waals surface area contributed by atoms with Crippen molar-refractivity contribution < 1.29 is 9.53 Å². The average molecular weight is 416 g/mol. The lowest BCUT2D eigenvalue weighted by Gasteiger charge is -2.12. The van der Waals surface area contributed by atoms with E-state index in [1.165, 1.54) is 0 Å². The van der Waals surface area contributed by atoms with Crippen LogP contribution in [0.3, 0.4) is 0 Å². The Morgan fingerprint density at radius 1 is 1.28 bits per heavy atom. The van der Waals surface area contributed by atoms with Crippen LogP contribution in [0.25, 0.3) is 11.0 Å². The van der Waals surface area contributed by atoms with Gasteiger partial charge in [-0.25, -0.2) is 9.97 Å². The van der Waals surface area contributed by atoms with Crippen LogP contribution in [0.1, 0.15) is 43.5 Å². The maximum Gasteiger partial charge on any atom is 0.214 e. The van der Waals surface area contributed by atoms with Gasteiger partial charge in [0.2, 0.25) is 5.88 Å². The second kappa shape index (κ2) is 8.78. The Bertz CT molecular complexity index is 1050. The van der Waals surface area contributed by atoms with Crippen molar-refractivity contribution in [3.63, 3.8) is 0 Å². The fourth-order valence-electron chi connectivity index (χ4n) is 3.33. The predicted octanol–water partition coefficient (Wildman–Crippen LogP) is 4.07. The lowest BCUT2D eigenvalue weighted by molar-refractivity contribution is -0.116. The smallest absolute Gasteiger partial charge is 0.214 e. The molecule has 0 saturated carbocycles. The fraction of sp³-hybridized carbons (Fsp3) is 0.429. The average Bonchev–Trinajstić information content (AvgIpc) is 2.93. The summed E-state index contributed by atoms with van der Waals surface area (Å²) >= 11 is 6.03. The summed E-state index contributed by atoms with van der Waals surface area (Å²) in [4.78, 5) is 21.3. The number of ether oxygens (including phenoxy) is 1. The second-order valence-electron chi connectivity index (χ2n) is 7.30. The number of rotatable bonds is 8. The molecule has 0 aliphatic heterocycles. The lowest BCUT2D eigenvalue weighted by atomic mass is 10.0. The molecule has 0 fully saturated rings. The van der Waals surface area contributed by atoms with E-state index in [1.54, 1.807) is 12.1 Å². The highest BCUT2D eigenvalue weighted by Gasteiger charge is 2.16. The molecule has 0 unspecified atom stereocenters. The number of aromatic nitrogens is 4. The molecule has 3 aromatic rings. The van der Waals surface area contributed by atoms with Crippen molar-refractivity contribution >= 4 is 34.2 Å². The van der Waals surface area contributed by atoms with Gasteiger partial charge in [-0.1, -0.05) is 25.4 Å². The SMILES string of the molecule is CCOc1cc(CC(=O)CNc2cc(C(C)C)c3c(n2)c(C)nn3C)cc(Cl)n1. The summed E-state index contributed by atoms with van der Waals surface area (Å²) in [5.41, 5.74) is 4.68. The number of carbonyl (C=O) groups excluding carboxylic acids is 1. The minimum absolute atomic E-state index is 0.0191. The fourth-order valence-corrected chi connectivity index (χ4v) is 3.55. The van der Waals surface area contributed by atoms with E-state index in [9.17, 15) is 4.79 Å². The zero-order valence-corrected chi connectivity index (χ0v) is 18.2. The number of ketones is 1. The van der Waals surface area contributed by atoms with Gasteiger partial charge >= 0.3 is 0 Å². The molecule has 0 radical (unpaired) electrons. The van der Waals surface area contributed by atoms with E-state index in [4.69, 9.17) is 16.3 Å². The van der Waals surface area contributed by atoms with Gasteiger partial charge in [0.1, 0.15) is 16.5 Å². The largest absolute Gasteiger partial charge is 0.478 e. The number of Topliss-reactive ketones (excluding diaryl/α,β-unsaturated/α-hetero) is 1. The third-order valence-electron chi connectivity index (χ3n) is 4.60. The third kappa shape index (κ3) is 4.85. The Kier molecular flexibility index (Phi) is 6.37. The number of hydrogen-bond acceptors (Lipinski definition) is 6. The molecular weight excluding hydrogens is 390 g/mol. The van der Waals surface area contributed by atoms with Gasteiger partial charge in [0.15, 0.2) is 5.78 Å². The number of carbonyl (C=O) groups is 1. The van der Waals surface area contributed by atoms with Gasteiger partial charge in [0.25, 0.3) is 0 Å². The van der Waals surface area contributed by atoms with E-state index in [2.05, 4.69) is 34.2 Å². The Balaban J connectivity index is 1.75. The molecule has 0 aliphatic rings. The minimum atomic E-state index is 0.0191.